The Morgan fingerprint density at radius 1 is 0.561 bits per heavy atom. The molecule has 1 aromatic carbocycles. The number of benzene rings is 1. The van der Waals surface area contributed by atoms with Crippen molar-refractivity contribution in [2.75, 3.05) is 13.2 Å². The summed E-state index contributed by atoms with van der Waals surface area (Å²) in [4.78, 5) is 8.65. The molecule has 0 radical (unpaired) electrons. The fourth-order valence-electron chi connectivity index (χ4n) is 6.61. The molecule has 2 rings (SSSR count). The van der Waals surface area contributed by atoms with Crippen LogP contribution in [0.3, 0.4) is 0 Å². The van der Waals surface area contributed by atoms with Crippen LogP contribution in [0.2, 0.25) is 63.2 Å². The van der Waals surface area contributed by atoms with Gasteiger partial charge in [-0.15, -0.1) is 0 Å². The Hall–Kier alpha value is -1.45. The zero-order valence-electron chi connectivity index (χ0n) is 28.0. The molecule has 1 heterocycles. The van der Waals surface area contributed by atoms with E-state index < -0.39 is 24.2 Å². The van der Waals surface area contributed by atoms with Gasteiger partial charge in [-0.1, -0.05) is 140 Å². The minimum absolute atomic E-state index is 0.451. The molecule has 0 amide bonds. The van der Waals surface area contributed by atoms with Gasteiger partial charge >= 0.3 is 6.01 Å². The van der Waals surface area contributed by atoms with Crippen molar-refractivity contribution in [1.29, 1.82) is 0 Å². The normalized spacial score (nSPS) is 12.5. The van der Waals surface area contributed by atoms with Crippen molar-refractivity contribution in [3.8, 4) is 22.9 Å². The molecule has 41 heavy (non-hydrogen) atoms. The molecule has 7 heteroatoms. The van der Waals surface area contributed by atoms with Gasteiger partial charge in [0.2, 0.25) is 0 Å². The zero-order valence-corrected chi connectivity index (χ0v) is 31.0. The van der Waals surface area contributed by atoms with E-state index in [0.717, 1.165) is 42.7 Å². The van der Waals surface area contributed by atoms with E-state index in [1.807, 2.05) is 24.5 Å². The summed E-state index contributed by atoms with van der Waals surface area (Å²) >= 11 is 0. The summed E-state index contributed by atoms with van der Waals surface area (Å²) in [5.41, 5.74) is 5.32. The van der Waals surface area contributed by atoms with Crippen LogP contribution in [0.25, 0.3) is 11.1 Å². The summed E-state index contributed by atoms with van der Waals surface area (Å²) in [6, 6.07) is 10.2. The Kier molecular flexibility index (Phi) is 15.9. The fraction of sp³-hybridized carbons (Fsp3) is 0.706. The van der Waals surface area contributed by atoms with Crippen LogP contribution in [0.15, 0.2) is 36.7 Å². The van der Waals surface area contributed by atoms with Gasteiger partial charge in [0, 0.05) is 42.2 Å². The minimum Gasteiger partial charge on any atom is -0.494 e. The summed E-state index contributed by atoms with van der Waals surface area (Å²) in [6.07, 6.45) is 18.0. The Bertz CT molecular complexity index is 957. The molecule has 0 bridgehead atoms. The Balaban J connectivity index is 1.49. The van der Waals surface area contributed by atoms with E-state index in [0.29, 0.717) is 12.6 Å². The van der Waals surface area contributed by atoms with Crippen LogP contribution in [-0.4, -0.2) is 47.4 Å². The molecule has 2 aromatic rings. The first-order valence-corrected chi connectivity index (χ1v) is 27.1. The Morgan fingerprint density at radius 2 is 1.10 bits per heavy atom. The lowest BCUT2D eigenvalue weighted by Gasteiger charge is -2.36. The number of rotatable bonds is 22. The van der Waals surface area contributed by atoms with Gasteiger partial charge in [0.15, 0.2) is 0 Å². The molecule has 0 fully saturated rings. The van der Waals surface area contributed by atoms with Gasteiger partial charge in [0.25, 0.3) is 0 Å². The molecule has 0 unspecified atom stereocenters. The Labute approximate surface area is 256 Å². The maximum absolute atomic E-state index is 5.98. The highest BCUT2D eigenvalue weighted by molar-refractivity contribution is 7.02. The van der Waals surface area contributed by atoms with Crippen LogP contribution in [0.1, 0.15) is 77.6 Å². The number of aromatic nitrogens is 2. The van der Waals surface area contributed by atoms with Crippen molar-refractivity contribution in [2.24, 2.45) is 0 Å². The topological polar surface area (TPSA) is 44.2 Å². The molecule has 0 N–H and O–H groups in total. The van der Waals surface area contributed by atoms with Crippen molar-refractivity contribution in [3.63, 3.8) is 0 Å². The summed E-state index contributed by atoms with van der Waals surface area (Å²) in [7, 11) is -2.95. The minimum atomic E-state index is -1.02. The summed E-state index contributed by atoms with van der Waals surface area (Å²) in [5, 5.41) is 0. The molecule has 0 aliphatic heterocycles. The summed E-state index contributed by atoms with van der Waals surface area (Å²) in [5.74, 6) is 0.933. The van der Waals surface area contributed by atoms with Crippen LogP contribution in [0.4, 0.5) is 0 Å². The fourth-order valence-corrected chi connectivity index (χ4v) is 32.0. The van der Waals surface area contributed by atoms with Crippen LogP contribution < -0.4 is 9.47 Å². The number of hydrogen-bond acceptors (Lipinski definition) is 4. The van der Waals surface area contributed by atoms with Crippen LogP contribution >= 0.6 is 0 Å². The van der Waals surface area contributed by atoms with Gasteiger partial charge in [-0.2, -0.15) is 0 Å². The first-order valence-electron chi connectivity index (χ1n) is 16.6. The predicted octanol–water partition coefficient (Wildman–Crippen LogP) is 11.0. The van der Waals surface area contributed by atoms with Gasteiger partial charge < -0.3 is 9.47 Å². The lowest BCUT2D eigenvalue weighted by Crippen LogP contribution is -2.44. The van der Waals surface area contributed by atoms with Gasteiger partial charge in [-0.05, 0) is 30.5 Å². The van der Waals surface area contributed by atoms with Crippen LogP contribution in [-0.2, 0) is 0 Å². The first kappa shape index (κ1) is 35.7. The van der Waals surface area contributed by atoms with Gasteiger partial charge in [-0.3, -0.25) is 0 Å². The van der Waals surface area contributed by atoms with Gasteiger partial charge in [0.05, 0.1) is 13.2 Å². The number of nitrogens with zero attached hydrogens (tertiary/aromatic N) is 2. The maximum Gasteiger partial charge on any atom is 0.316 e. The molecule has 0 saturated heterocycles. The molecule has 1 aromatic heterocycles. The van der Waals surface area contributed by atoms with Gasteiger partial charge in [0.1, 0.15) is 5.75 Å². The van der Waals surface area contributed by atoms with Crippen molar-refractivity contribution in [3.05, 3.63) is 36.7 Å². The van der Waals surface area contributed by atoms with E-state index in [2.05, 4.69) is 74.9 Å². The van der Waals surface area contributed by atoms with Gasteiger partial charge in [-0.25, -0.2) is 9.97 Å². The number of hydrogen-bond donors (Lipinski definition) is 0. The second-order valence-corrected chi connectivity index (χ2v) is 32.1. The molecule has 0 aliphatic carbocycles. The van der Waals surface area contributed by atoms with E-state index in [4.69, 9.17) is 9.47 Å². The van der Waals surface area contributed by atoms with Crippen molar-refractivity contribution in [1.82, 2.24) is 9.97 Å². The van der Waals surface area contributed by atoms with Crippen molar-refractivity contribution < 1.29 is 9.47 Å². The van der Waals surface area contributed by atoms with E-state index in [1.165, 1.54) is 51.4 Å². The highest BCUT2D eigenvalue weighted by Crippen LogP contribution is 2.31. The van der Waals surface area contributed by atoms with Crippen LogP contribution in [0.5, 0.6) is 11.8 Å². The molecule has 4 nitrogen and oxygen atoms in total. The van der Waals surface area contributed by atoms with Crippen molar-refractivity contribution in [2.45, 2.75) is 141 Å². The second kappa shape index (κ2) is 18.3. The quantitative estimate of drug-likeness (QED) is 0.0977. The van der Waals surface area contributed by atoms with E-state index in [9.17, 15) is 0 Å². The molecule has 232 valence electrons. The molecular formula is C34H62N2O2Si3. The third-order valence-corrected chi connectivity index (χ3v) is 25.2. The average Bonchev–Trinajstić information content (AvgIpc) is 2.88. The monoisotopic (exact) mass is 614 g/mol. The molecule has 0 atom stereocenters. The Morgan fingerprint density at radius 3 is 1.66 bits per heavy atom. The highest BCUT2D eigenvalue weighted by Gasteiger charge is 2.34. The zero-order chi connectivity index (χ0) is 30.2. The molecule has 0 aliphatic rings. The predicted molar refractivity (Wildman–Crippen MR) is 188 cm³/mol. The first-order chi connectivity index (χ1) is 19.4. The van der Waals surface area contributed by atoms with Crippen LogP contribution in [0, 0.1) is 0 Å². The smallest absolute Gasteiger partial charge is 0.316 e. The maximum atomic E-state index is 5.98. The van der Waals surface area contributed by atoms with E-state index >= 15 is 0 Å². The van der Waals surface area contributed by atoms with Crippen molar-refractivity contribution >= 4 is 24.2 Å². The van der Waals surface area contributed by atoms with E-state index in [-0.39, 0.29) is 0 Å². The summed E-state index contributed by atoms with van der Waals surface area (Å²) in [6.45, 7) is 22.0. The lowest BCUT2D eigenvalue weighted by atomic mass is 10.1. The number of unbranched alkanes of at least 4 members (excludes halogenated alkanes) is 9. The highest BCUT2D eigenvalue weighted by atomic mass is 28.4. The SMILES string of the molecule is CCCCOc1ncc(-c2ccc(OCCCCCCCCCCC[Si](C)(C)C[Si](C)(C)C[Si](C)(C)C)cc2)cn1. The third kappa shape index (κ3) is 16.7. The van der Waals surface area contributed by atoms with E-state index in [1.54, 1.807) is 17.4 Å². The molecule has 0 saturated carbocycles. The number of ether oxygens (including phenoxy) is 2. The largest absolute Gasteiger partial charge is 0.494 e. The summed E-state index contributed by atoms with van der Waals surface area (Å²) < 4.78 is 11.5. The lowest BCUT2D eigenvalue weighted by molar-refractivity contribution is 0.285. The molecular weight excluding hydrogens is 553 g/mol. The standard InChI is InChI=1S/C34H62N2O2Si3/c1-9-10-24-38-34-35-27-32(28-36-34)31-20-22-33(23-21-31)37-25-18-16-14-12-11-13-15-17-19-26-40(5,6)30-41(7,8)29-39(2,3)4/h20-23,27-28H,9-19,24-26,29-30H2,1-8H3. The molecule has 0 spiro atoms. The second-order valence-electron chi connectivity index (χ2n) is 15.0. The third-order valence-electron chi connectivity index (χ3n) is 7.78. The average molecular weight is 615 g/mol.